The molecule has 0 bridgehead atoms. The summed E-state index contributed by atoms with van der Waals surface area (Å²) in [5, 5.41) is 1.91. The van der Waals surface area contributed by atoms with Crippen molar-refractivity contribution in [2.45, 2.75) is 6.92 Å². The fourth-order valence-electron chi connectivity index (χ4n) is 2.23. The van der Waals surface area contributed by atoms with Gasteiger partial charge in [-0.1, -0.05) is 47.7 Å². The van der Waals surface area contributed by atoms with Gasteiger partial charge in [0, 0.05) is 10.4 Å². The van der Waals surface area contributed by atoms with Crippen molar-refractivity contribution in [3.8, 4) is 0 Å². The van der Waals surface area contributed by atoms with Crippen LogP contribution in [0.25, 0.3) is 6.08 Å². The van der Waals surface area contributed by atoms with Crippen molar-refractivity contribution in [3.05, 3.63) is 62.7 Å². The van der Waals surface area contributed by atoms with Crippen LogP contribution in [0, 0.1) is 6.92 Å². The molecule has 3 rings (SSSR count). The van der Waals surface area contributed by atoms with E-state index in [1.165, 1.54) is 16.2 Å². The number of nitrogens with zero attached hydrogens (tertiary/aromatic N) is 1. The summed E-state index contributed by atoms with van der Waals surface area (Å²) in [6.45, 7) is 1.65. The van der Waals surface area contributed by atoms with Crippen molar-refractivity contribution in [2.24, 2.45) is 0 Å². The summed E-state index contributed by atoms with van der Waals surface area (Å²) in [6.07, 6.45) is 1.75. The first kappa shape index (κ1) is 19.3. The molecular weight excluding hydrogens is 402 g/mol. The molecule has 0 aliphatic carbocycles. The molecule has 1 fully saturated rings. The van der Waals surface area contributed by atoms with E-state index >= 15 is 0 Å². The normalized spacial score (nSPS) is 15.3. The van der Waals surface area contributed by atoms with Crippen molar-refractivity contribution < 1.29 is 14.4 Å². The molecule has 2 N–H and O–H groups in total. The third-order valence-corrected chi connectivity index (χ3v) is 5.82. The van der Waals surface area contributed by atoms with E-state index in [0.29, 0.717) is 14.8 Å². The zero-order chi connectivity index (χ0) is 19.4. The standard InChI is InChI=1S/C18H15N3O3S3/c1-11-4-6-12(7-5-11)16(23)20-19-15(22)10-21-17(24)14(27-18(21)25)9-13-3-2-8-26-13/h2-9H,10H2,1H3,(H,19,22)(H,20,23). The van der Waals surface area contributed by atoms with Gasteiger partial charge < -0.3 is 0 Å². The number of thioether (sulfide) groups is 1. The lowest BCUT2D eigenvalue weighted by molar-refractivity contribution is -0.129. The molecule has 138 valence electrons. The number of benzene rings is 1. The molecule has 0 unspecified atom stereocenters. The topological polar surface area (TPSA) is 78.5 Å². The number of thiophene rings is 1. The Labute approximate surface area is 169 Å². The third kappa shape index (κ3) is 4.82. The largest absolute Gasteiger partial charge is 0.283 e. The van der Waals surface area contributed by atoms with Crippen molar-refractivity contribution >= 4 is 63.4 Å². The van der Waals surface area contributed by atoms with Crippen LogP contribution in [0.15, 0.2) is 46.7 Å². The SMILES string of the molecule is Cc1ccc(C(=O)NNC(=O)CN2C(=O)C(=Cc3cccs3)SC2=S)cc1. The maximum atomic E-state index is 12.5. The lowest BCUT2D eigenvalue weighted by atomic mass is 10.1. The number of rotatable bonds is 4. The minimum atomic E-state index is -0.538. The van der Waals surface area contributed by atoms with Crippen molar-refractivity contribution in [1.82, 2.24) is 15.8 Å². The fraction of sp³-hybridized carbons (Fsp3) is 0.111. The van der Waals surface area contributed by atoms with Crippen molar-refractivity contribution in [3.63, 3.8) is 0 Å². The van der Waals surface area contributed by atoms with Gasteiger partial charge in [-0.05, 0) is 36.6 Å². The van der Waals surface area contributed by atoms with Crippen LogP contribution in [0.2, 0.25) is 0 Å². The highest BCUT2D eigenvalue weighted by atomic mass is 32.2. The van der Waals surface area contributed by atoms with Gasteiger partial charge in [0.05, 0.1) is 4.91 Å². The van der Waals surface area contributed by atoms with Crippen LogP contribution in [-0.4, -0.2) is 33.5 Å². The van der Waals surface area contributed by atoms with Crippen LogP contribution in [0.1, 0.15) is 20.8 Å². The molecular formula is C18H15N3O3S3. The van der Waals surface area contributed by atoms with Gasteiger partial charge in [0.2, 0.25) is 0 Å². The van der Waals surface area contributed by atoms with Gasteiger partial charge in [0.1, 0.15) is 10.9 Å². The molecule has 0 spiro atoms. The maximum Gasteiger partial charge on any atom is 0.269 e. The summed E-state index contributed by atoms with van der Waals surface area (Å²) in [5.74, 6) is -1.30. The molecule has 0 saturated carbocycles. The lowest BCUT2D eigenvalue weighted by Gasteiger charge is -2.14. The molecule has 1 aromatic heterocycles. The number of aryl methyl sites for hydroxylation is 1. The Hall–Kier alpha value is -2.49. The van der Waals surface area contributed by atoms with Gasteiger partial charge in [-0.2, -0.15) is 0 Å². The number of hydrogen-bond acceptors (Lipinski definition) is 6. The Morgan fingerprint density at radius 3 is 2.59 bits per heavy atom. The smallest absolute Gasteiger partial charge is 0.269 e. The van der Waals surface area contributed by atoms with E-state index in [4.69, 9.17) is 12.2 Å². The Bertz CT molecular complexity index is 921. The first-order valence-electron chi connectivity index (χ1n) is 7.89. The average molecular weight is 418 g/mol. The first-order chi connectivity index (χ1) is 12.9. The number of hydrazine groups is 1. The molecule has 1 saturated heterocycles. The van der Waals surface area contributed by atoms with Gasteiger partial charge in [0.15, 0.2) is 0 Å². The summed E-state index contributed by atoms with van der Waals surface area (Å²) < 4.78 is 0.308. The Morgan fingerprint density at radius 1 is 1.19 bits per heavy atom. The minimum absolute atomic E-state index is 0.263. The highest BCUT2D eigenvalue weighted by molar-refractivity contribution is 8.26. The Kier molecular flexibility index (Phi) is 6.04. The zero-order valence-corrected chi connectivity index (χ0v) is 16.7. The second-order valence-electron chi connectivity index (χ2n) is 5.65. The average Bonchev–Trinajstić information content (AvgIpc) is 3.24. The van der Waals surface area contributed by atoms with Crippen LogP contribution in [0.4, 0.5) is 0 Å². The maximum absolute atomic E-state index is 12.5. The van der Waals surface area contributed by atoms with E-state index in [-0.39, 0.29) is 12.5 Å². The van der Waals surface area contributed by atoms with E-state index in [0.717, 1.165) is 22.2 Å². The summed E-state index contributed by atoms with van der Waals surface area (Å²) in [5.41, 5.74) is 6.09. The molecule has 1 aliphatic heterocycles. The fourth-order valence-corrected chi connectivity index (χ4v) is 4.20. The number of amides is 3. The van der Waals surface area contributed by atoms with Gasteiger partial charge in [-0.15, -0.1) is 11.3 Å². The van der Waals surface area contributed by atoms with Crippen LogP contribution in [0.3, 0.4) is 0 Å². The third-order valence-electron chi connectivity index (χ3n) is 3.62. The highest BCUT2D eigenvalue weighted by Crippen LogP contribution is 2.32. The molecule has 1 aromatic carbocycles. The van der Waals surface area contributed by atoms with Gasteiger partial charge in [0.25, 0.3) is 17.7 Å². The molecule has 9 heteroatoms. The number of nitrogens with one attached hydrogen (secondary N) is 2. The minimum Gasteiger partial charge on any atom is -0.283 e. The summed E-state index contributed by atoms with van der Waals surface area (Å²) in [6, 6.07) is 10.7. The monoisotopic (exact) mass is 417 g/mol. The summed E-state index contributed by atoms with van der Waals surface area (Å²) >= 11 is 7.86. The van der Waals surface area contributed by atoms with E-state index in [2.05, 4.69) is 10.9 Å². The molecule has 0 atom stereocenters. The summed E-state index contributed by atoms with van der Waals surface area (Å²) in [4.78, 5) is 39.2. The number of hydrogen-bond donors (Lipinski definition) is 2. The van der Waals surface area contributed by atoms with Crippen LogP contribution in [0.5, 0.6) is 0 Å². The Balaban J connectivity index is 1.56. The summed E-state index contributed by atoms with van der Waals surface area (Å²) in [7, 11) is 0. The van der Waals surface area contributed by atoms with E-state index in [1.54, 1.807) is 30.3 Å². The van der Waals surface area contributed by atoms with Gasteiger partial charge in [-0.25, -0.2) is 0 Å². The number of carbonyl (C=O) groups excluding carboxylic acids is 3. The molecule has 2 aromatic rings. The van der Waals surface area contributed by atoms with Gasteiger partial charge in [-0.3, -0.25) is 30.1 Å². The van der Waals surface area contributed by atoms with Crippen molar-refractivity contribution in [1.29, 1.82) is 0 Å². The predicted molar refractivity (Wildman–Crippen MR) is 111 cm³/mol. The number of carbonyl (C=O) groups is 3. The molecule has 2 heterocycles. The van der Waals surface area contributed by atoms with E-state index in [9.17, 15) is 14.4 Å². The molecule has 3 amide bonds. The molecule has 6 nitrogen and oxygen atoms in total. The van der Waals surface area contributed by atoms with Crippen LogP contribution >= 0.6 is 35.3 Å². The van der Waals surface area contributed by atoms with E-state index < -0.39 is 11.8 Å². The second-order valence-corrected chi connectivity index (χ2v) is 8.31. The predicted octanol–water partition coefficient (Wildman–Crippen LogP) is 2.72. The molecule has 27 heavy (non-hydrogen) atoms. The van der Waals surface area contributed by atoms with Gasteiger partial charge >= 0.3 is 0 Å². The lowest BCUT2D eigenvalue weighted by Crippen LogP contribution is -2.47. The first-order valence-corrected chi connectivity index (χ1v) is 9.99. The van der Waals surface area contributed by atoms with Crippen LogP contribution in [-0.2, 0) is 9.59 Å². The zero-order valence-electron chi connectivity index (χ0n) is 14.2. The quantitative estimate of drug-likeness (QED) is 0.454. The Morgan fingerprint density at radius 2 is 1.93 bits per heavy atom. The highest BCUT2D eigenvalue weighted by Gasteiger charge is 2.33. The second kappa shape index (κ2) is 8.47. The molecule has 1 aliphatic rings. The van der Waals surface area contributed by atoms with Crippen molar-refractivity contribution in [2.75, 3.05) is 6.54 Å². The van der Waals surface area contributed by atoms with Crippen LogP contribution < -0.4 is 10.9 Å². The van der Waals surface area contributed by atoms with E-state index in [1.807, 2.05) is 24.4 Å². The molecule has 0 radical (unpaired) electrons. The number of thiocarbonyl (C=S) groups is 1.